The third-order valence-corrected chi connectivity index (χ3v) is 0.825. The van der Waals surface area contributed by atoms with Crippen LogP contribution in [-0.2, 0) is 14.6 Å². The van der Waals surface area contributed by atoms with Crippen molar-refractivity contribution in [3.8, 4) is 0 Å². The second-order valence-electron chi connectivity index (χ2n) is 1.63. The molecular formula is C6H5BF3KO3. The molecule has 0 saturated carbocycles. The van der Waals surface area contributed by atoms with E-state index in [-0.39, 0.29) is 51.4 Å². The normalized spacial score (nSPS) is 7.93. The first kappa shape index (κ1) is 17.0. The first-order chi connectivity index (χ1) is 6.35. The Morgan fingerprint density at radius 1 is 0.857 bits per heavy atom. The van der Waals surface area contributed by atoms with E-state index in [9.17, 15) is 13.6 Å². The van der Waals surface area contributed by atoms with Gasteiger partial charge in [0.15, 0.2) is 0 Å². The smallest absolute Gasteiger partial charge is 0.185 e. The van der Waals surface area contributed by atoms with Gasteiger partial charge in [-0.25, -0.2) is 0 Å². The van der Waals surface area contributed by atoms with Crippen LogP contribution in [-0.4, -0.2) is 7.32 Å². The van der Waals surface area contributed by atoms with Crippen molar-refractivity contribution in [2.24, 2.45) is 0 Å². The molecule has 0 fully saturated rings. The molecule has 0 aliphatic carbocycles. The molecule has 1 aromatic rings. The van der Waals surface area contributed by atoms with Gasteiger partial charge in [-0.1, -0.05) is 13.6 Å². The molecule has 0 saturated heterocycles. The zero-order chi connectivity index (χ0) is 9.94. The molecule has 0 spiro atoms. The summed E-state index contributed by atoms with van der Waals surface area (Å²) in [5, 5.41) is 0. The van der Waals surface area contributed by atoms with Crippen molar-refractivity contribution in [2.45, 2.75) is 0 Å². The third-order valence-electron chi connectivity index (χ3n) is 0.825. The number of rotatable bonds is 3. The number of hydrogen-bond donors (Lipinski definition) is 0. The first-order valence-electron chi connectivity index (χ1n) is 3.08. The van der Waals surface area contributed by atoms with Crippen LogP contribution < -0.4 is 51.4 Å². The standard InChI is InChI=1S/C6H5.BF3O3.K/c1-2-4-6-5-3-1;2-5-1(6-3)7-4;/h1-5H;;/q-1;;+1. The minimum Gasteiger partial charge on any atom is -0.185 e. The maximum atomic E-state index is 10.4. The summed E-state index contributed by atoms with van der Waals surface area (Å²) in [5.41, 5.74) is 0. The van der Waals surface area contributed by atoms with E-state index < -0.39 is 7.32 Å². The van der Waals surface area contributed by atoms with Crippen LogP contribution >= 0.6 is 0 Å². The molecule has 0 atom stereocenters. The second kappa shape index (κ2) is 13.6. The third kappa shape index (κ3) is 10.7. The van der Waals surface area contributed by atoms with Crippen LogP contribution in [0.1, 0.15) is 0 Å². The summed E-state index contributed by atoms with van der Waals surface area (Å²) >= 11 is 0. The van der Waals surface area contributed by atoms with Crippen LogP contribution in [0.3, 0.4) is 0 Å². The Kier molecular flexibility index (Phi) is 16.5. The predicted molar refractivity (Wildman–Crippen MR) is 37.6 cm³/mol. The van der Waals surface area contributed by atoms with E-state index in [0.29, 0.717) is 0 Å². The van der Waals surface area contributed by atoms with Crippen molar-refractivity contribution < 1.29 is 79.5 Å². The quantitative estimate of drug-likeness (QED) is 0.502. The molecule has 0 bridgehead atoms. The van der Waals surface area contributed by atoms with Gasteiger partial charge >= 0.3 is 58.7 Å². The van der Waals surface area contributed by atoms with Crippen LogP contribution in [0.15, 0.2) is 30.3 Å². The van der Waals surface area contributed by atoms with Crippen LogP contribution in [0.2, 0.25) is 0 Å². The zero-order valence-corrected chi connectivity index (χ0v) is 10.4. The van der Waals surface area contributed by atoms with Gasteiger partial charge in [-0.3, -0.25) is 0 Å². The van der Waals surface area contributed by atoms with Gasteiger partial charge in [0.25, 0.3) is 0 Å². The molecule has 3 nitrogen and oxygen atoms in total. The van der Waals surface area contributed by atoms with Gasteiger partial charge in [-0.2, -0.15) is 51.0 Å². The van der Waals surface area contributed by atoms with Crippen molar-refractivity contribution in [2.75, 3.05) is 0 Å². The molecule has 0 N–H and O–H groups in total. The Hall–Kier alpha value is 0.591. The number of benzene rings is 1. The Morgan fingerprint density at radius 2 is 1.29 bits per heavy atom. The van der Waals surface area contributed by atoms with Gasteiger partial charge in [0.05, 0.1) is 0 Å². The molecule has 0 radical (unpaired) electrons. The molecule has 0 unspecified atom stereocenters. The Morgan fingerprint density at radius 3 is 1.36 bits per heavy atom. The van der Waals surface area contributed by atoms with E-state index in [0.717, 1.165) is 0 Å². The van der Waals surface area contributed by atoms with Gasteiger partial charge < -0.3 is 0 Å². The molecule has 8 heteroatoms. The van der Waals surface area contributed by atoms with Gasteiger partial charge in [0, 0.05) is 0 Å². The molecule has 72 valence electrons. The molecule has 0 amide bonds. The molecule has 1 aromatic carbocycles. The van der Waals surface area contributed by atoms with E-state index in [4.69, 9.17) is 0 Å². The fourth-order valence-electron chi connectivity index (χ4n) is 0.383. The monoisotopic (exact) mass is 232 g/mol. The van der Waals surface area contributed by atoms with Crippen molar-refractivity contribution in [3.63, 3.8) is 0 Å². The topological polar surface area (TPSA) is 27.7 Å². The number of halogens is 3. The Balaban J connectivity index is 0. The van der Waals surface area contributed by atoms with Gasteiger partial charge in [-0.15, -0.1) is 0 Å². The Labute approximate surface area is 122 Å². The van der Waals surface area contributed by atoms with E-state index in [1.807, 2.05) is 30.3 Å². The van der Waals surface area contributed by atoms with Crippen molar-refractivity contribution >= 4 is 7.32 Å². The first-order valence-corrected chi connectivity index (χ1v) is 3.08. The summed E-state index contributed by atoms with van der Waals surface area (Å²) in [6, 6.07) is 12.5. The van der Waals surface area contributed by atoms with E-state index >= 15 is 0 Å². The van der Waals surface area contributed by atoms with Gasteiger partial charge in [-0.05, 0) is 0 Å². The summed E-state index contributed by atoms with van der Waals surface area (Å²) in [7, 11) is -2.51. The van der Waals surface area contributed by atoms with Crippen LogP contribution in [0.4, 0.5) is 13.6 Å². The predicted octanol–water partition coefficient (Wildman–Crippen LogP) is -0.835. The fourth-order valence-corrected chi connectivity index (χ4v) is 0.383. The molecular weight excluding hydrogens is 227 g/mol. The molecule has 0 aromatic heterocycles. The zero-order valence-electron chi connectivity index (χ0n) is 7.32. The summed E-state index contributed by atoms with van der Waals surface area (Å²) in [6.07, 6.45) is 0. The SMILES string of the molecule is FOB(OF)OF.[K+].[c-]1ccccc1. The molecule has 0 heterocycles. The van der Waals surface area contributed by atoms with Crippen molar-refractivity contribution in [1.29, 1.82) is 0 Å². The maximum Gasteiger partial charge on any atom is 1.00 e. The second-order valence-corrected chi connectivity index (χ2v) is 1.63. The minimum atomic E-state index is -2.51. The van der Waals surface area contributed by atoms with Crippen LogP contribution in [0, 0.1) is 6.07 Å². The van der Waals surface area contributed by atoms with Gasteiger partial charge in [0.1, 0.15) is 0 Å². The van der Waals surface area contributed by atoms with E-state index in [2.05, 4.69) is 20.6 Å². The molecule has 0 aliphatic heterocycles. The van der Waals surface area contributed by atoms with Crippen LogP contribution in [0.25, 0.3) is 0 Å². The molecule has 14 heavy (non-hydrogen) atoms. The maximum absolute atomic E-state index is 10.4. The van der Waals surface area contributed by atoms with Crippen LogP contribution in [0.5, 0.6) is 0 Å². The Bertz CT molecular complexity index is 159. The summed E-state index contributed by atoms with van der Waals surface area (Å²) in [4.78, 5) is 7.06. The minimum absolute atomic E-state index is 0. The van der Waals surface area contributed by atoms with Crippen molar-refractivity contribution in [3.05, 3.63) is 36.4 Å². The van der Waals surface area contributed by atoms with Gasteiger partial charge in [0.2, 0.25) is 0 Å². The number of hydrogen-bond acceptors (Lipinski definition) is 3. The largest absolute Gasteiger partial charge is 1.00 e. The average molecular weight is 232 g/mol. The van der Waals surface area contributed by atoms with E-state index in [1.54, 1.807) is 0 Å². The summed E-state index contributed by atoms with van der Waals surface area (Å²) in [6.45, 7) is 0. The summed E-state index contributed by atoms with van der Waals surface area (Å²) in [5.74, 6) is 0. The van der Waals surface area contributed by atoms with Crippen molar-refractivity contribution in [1.82, 2.24) is 0 Å². The molecule has 0 aliphatic rings. The summed E-state index contributed by atoms with van der Waals surface area (Å²) < 4.78 is 31.3. The average Bonchev–Trinajstić information content (AvgIpc) is 2.24. The molecule has 1 rings (SSSR count). The fraction of sp³-hybridized carbons (Fsp3) is 0. The van der Waals surface area contributed by atoms with E-state index in [1.165, 1.54) is 0 Å².